The Hall–Kier alpha value is -0.680. The van der Waals surface area contributed by atoms with Crippen LogP contribution < -0.4 is 9.44 Å². The first kappa shape index (κ1) is 15.3. The number of nitrogens with zero attached hydrogens (tertiary/aromatic N) is 1. The molecular formula is C9H19N3O3S. The number of methoxy groups -OCH3 is 1. The minimum Gasteiger partial charge on any atom is -0.383 e. The van der Waals surface area contributed by atoms with E-state index in [1.807, 2.05) is 6.07 Å². The van der Waals surface area contributed by atoms with Crippen LogP contribution in [-0.4, -0.2) is 34.2 Å². The van der Waals surface area contributed by atoms with E-state index in [1.165, 1.54) is 7.11 Å². The third-order valence-corrected chi connectivity index (χ3v) is 3.59. The van der Waals surface area contributed by atoms with Gasteiger partial charge in [0.2, 0.25) is 0 Å². The quantitative estimate of drug-likeness (QED) is 0.599. The van der Waals surface area contributed by atoms with Crippen LogP contribution in [0.1, 0.15) is 26.7 Å². The molecule has 0 aromatic heterocycles. The molecule has 7 heteroatoms. The van der Waals surface area contributed by atoms with Crippen molar-refractivity contribution in [3.8, 4) is 6.07 Å². The van der Waals surface area contributed by atoms with Crippen molar-refractivity contribution in [1.82, 2.24) is 9.44 Å². The maximum Gasteiger partial charge on any atom is 0.278 e. The molecule has 0 aromatic rings. The molecule has 0 saturated carbocycles. The monoisotopic (exact) mass is 249 g/mol. The third kappa shape index (κ3) is 4.90. The average Bonchev–Trinajstić information content (AvgIpc) is 2.26. The van der Waals surface area contributed by atoms with Crippen molar-refractivity contribution in [2.24, 2.45) is 0 Å². The normalized spacial score (nSPS) is 12.4. The zero-order chi connectivity index (χ0) is 12.7. The number of nitriles is 1. The van der Waals surface area contributed by atoms with Crippen LogP contribution in [0.4, 0.5) is 0 Å². The SMILES string of the molecule is CCC(C#N)(CC)NS(=O)(=O)NCCOC. The number of hydrogen-bond acceptors (Lipinski definition) is 4. The highest BCUT2D eigenvalue weighted by Gasteiger charge is 2.30. The van der Waals surface area contributed by atoms with Crippen LogP contribution in [0, 0.1) is 11.3 Å². The molecule has 0 spiro atoms. The van der Waals surface area contributed by atoms with E-state index < -0.39 is 15.7 Å². The molecule has 16 heavy (non-hydrogen) atoms. The summed E-state index contributed by atoms with van der Waals surface area (Å²) in [5.74, 6) is 0. The van der Waals surface area contributed by atoms with Crippen LogP contribution in [0.15, 0.2) is 0 Å². The third-order valence-electron chi connectivity index (χ3n) is 2.35. The maximum atomic E-state index is 11.6. The van der Waals surface area contributed by atoms with Crippen molar-refractivity contribution in [2.75, 3.05) is 20.3 Å². The average molecular weight is 249 g/mol. The predicted octanol–water partition coefficient (Wildman–Crippen LogP) is 0.139. The summed E-state index contributed by atoms with van der Waals surface area (Å²) < 4.78 is 32.5. The van der Waals surface area contributed by atoms with E-state index in [0.29, 0.717) is 19.4 Å². The molecule has 2 N–H and O–H groups in total. The summed E-state index contributed by atoms with van der Waals surface area (Å²) >= 11 is 0. The summed E-state index contributed by atoms with van der Waals surface area (Å²) in [6.45, 7) is 4.01. The van der Waals surface area contributed by atoms with Gasteiger partial charge in [0.05, 0.1) is 12.7 Å². The second-order valence-electron chi connectivity index (χ2n) is 3.39. The van der Waals surface area contributed by atoms with Gasteiger partial charge in [0.1, 0.15) is 5.54 Å². The molecule has 0 aromatic carbocycles. The summed E-state index contributed by atoms with van der Waals surface area (Å²) in [4.78, 5) is 0. The van der Waals surface area contributed by atoms with Crippen LogP contribution in [0.25, 0.3) is 0 Å². The molecular weight excluding hydrogens is 230 g/mol. The van der Waals surface area contributed by atoms with Gasteiger partial charge < -0.3 is 4.74 Å². The van der Waals surface area contributed by atoms with Gasteiger partial charge in [-0.05, 0) is 12.8 Å². The van der Waals surface area contributed by atoms with Crippen molar-refractivity contribution in [1.29, 1.82) is 5.26 Å². The fourth-order valence-corrected chi connectivity index (χ4v) is 2.42. The van der Waals surface area contributed by atoms with Gasteiger partial charge in [-0.3, -0.25) is 0 Å². The molecule has 0 aliphatic carbocycles. The van der Waals surface area contributed by atoms with Gasteiger partial charge in [-0.15, -0.1) is 0 Å². The van der Waals surface area contributed by atoms with Crippen molar-refractivity contribution < 1.29 is 13.2 Å². The first-order chi connectivity index (χ1) is 7.45. The molecule has 0 heterocycles. The fraction of sp³-hybridized carbons (Fsp3) is 0.889. The van der Waals surface area contributed by atoms with E-state index in [1.54, 1.807) is 13.8 Å². The maximum absolute atomic E-state index is 11.6. The highest BCUT2D eigenvalue weighted by molar-refractivity contribution is 7.87. The Balaban J connectivity index is 4.50. The first-order valence-electron chi connectivity index (χ1n) is 5.14. The predicted molar refractivity (Wildman–Crippen MR) is 60.9 cm³/mol. The lowest BCUT2D eigenvalue weighted by atomic mass is 9.97. The van der Waals surface area contributed by atoms with Gasteiger partial charge in [-0.1, -0.05) is 13.8 Å². The lowest BCUT2D eigenvalue weighted by Gasteiger charge is -2.24. The van der Waals surface area contributed by atoms with Crippen LogP contribution in [0.3, 0.4) is 0 Å². The lowest BCUT2D eigenvalue weighted by Crippen LogP contribution is -2.51. The second kappa shape index (κ2) is 6.81. The summed E-state index contributed by atoms with van der Waals surface area (Å²) in [6.07, 6.45) is 0.844. The fourth-order valence-electron chi connectivity index (χ4n) is 1.15. The number of ether oxygens (including phenoxy) is 1. The zero-order valence-electron chi connectivity index (χ0n) is 9.91. The molecule has 0 bridgehead atoms. The molecule has 0 radical (unpaired) electrons. The van der Waals surface area contributed by atoms with Gasteiger partial charge >= 0.3 is 0 Å². The molecule has 6 nitrogen and oxygen atoms in total. The van der Waals surface area contributed by atoms with Crippen molar-refractivity contribution in [3.63, 3.8) is 0 Å². The topological polar surface area (TPSA) is 91.2 Å². The van der Waals surface area contributed by atoms with E-state index in [-0.39, 0.29) is 6.54 Å². The van der Waals surface area contributed by atoms with Crippen molar-refractivity contribution in [3.05, 3.63) is 0 Å². The number of rotatable bonds is 8. The highest BCUT2D eigenvalue weighted by atomic mass is 32.2. The first-order valence-corrected chi connectivity index (χ1v) is 6.62. The Morgan fingerprint density at radius 1 is 1.38 bits per heavy atom. The molecule has 0 rings (SSSR count). The van der Waals surface area contributed by atoms with Gasteiger partial charge in [0, 0.05) is 13.7 Å². The van der Waals surface area contributed by atoms with Gasteiger partial charge in [-0.2, -0.15) is 23.1 Å². The molecule has 0 aliphatic heterocycles. The molecule has 0 saturated heterocycles. The minimum absolute atomic E-state index is 0.181. The molecule has 94 valence electrons. The van der Waals surface area contributed by atoms with Crippen LogP contribution in [-0.2, 0) is 14.9 Å². The standard InChI is InChI=1S/C9H19N3O3S/c1-4-9(5-2,8-10)12-16(13,14)11-6-7-15-3/h11-12H,4-7H2,1-3H3. The van der Waals surface area contributed by atoms with E-state index in [4.69, 9.17) is 10.00 Å². The van der Waals surface area contributed by atoms with Crippen LogP contribution in [0.2, 0.25) is 0 Å². The van der Waals surface area contributed by atoms with Crippen molar-refractivity contribution in [2.45, 2.75) is 32.2 Å². The van der Waals surface area contributed by atoms with E-state index in [2.05, 4.69) is 9.44 Å². The summed E-state index contributed by atoms with van der Waals surface area (Å²) in [6, 6.07) is 2.00. The summed E-state index contributed by atoms with van der Waals surface area (Å²) in [5.41, 5.74) is -1.03. The largest absolute Gasteiger partial charge is 0.383 e. The smallest absolute Gasteiger partial charge is 0.278 e. The van der Waals surface area contributed by atoms with Gasteiger partial charge in [-0.25, -0.2) is 0 Å². The molecule has 0 aliphatic rings. The van der Waals surface area contributed by atoms with Crippen LogP contribution >= 0.6 is 0 Å². The Kier molecular flexibility index (Phi) is 6.52. The number of nitrogens with one attached hydrogen (secondary N) is 2. The van der Waals surface area contributed by atoms with E-state index in [0.717, 1.165) is 0 Å². The van der Waals surface area contributed by atoms with Crippen molar-refractivity contribution >= 4 is 10.2 Å². The Labute approximate surface area is 97.2 Å². The number of hydrogen-bond donors (Lipinski definition) is 2. The zero-order valence-corrected chi connectivity index (χ0v) is 10.7. The Bertz CT molecular complexity index is 330. The lowest BCUT2D eigenvalue weighted by molar-refractivity contribution is 0.204. The van der Waals surface area contributed by atoms with Crippen LogP contribution in [0.5, 0.6) is 0 Å². The van der Waals surface area contributed by atoms with Gasteiger partial charge in [0.15, 0.2) is 0 Å². The minimum atomic E-state index is -3.65. The highest BCUT2D eigenvalue weighted by Crippen LogP contribution is 2.14. The Morgan fingerprint density at radius 3 is 2.31 bits per heavy atom. The molecule has 0 atom stereocenters. The molecule has 0 unspecified atom stereocenters. The summed E-state index contributed by atoms with van der Waals surface area (Å²) in [7, 11) is -2.16. The molecule has 0 amide bonds. The van der Waals surface area contributed by atoms with E-state index in [9.17, 15) is 8.42 Å². The molecule has 0 fully saturated rings. The van der Waals surface area contributed by atoms with E-state index >= 15 is 0 Å². The van der Waals surface area contributed by atoms with Gasteiger partial charge in [0.25, 0.3) is 10.2 Å². The second-order valence-corrected chi connectivity index (χ2v) is 4.89. The summed E-state index contributed by atoms with van der Waals surface area (Å²) in [5, 5.41) is 8.98. The Morgan fingerprint density at radius 2 is 1.94 bits per heavy atom.